The number of nitrogens with one attached hydrogen (secondary N) is 1. The molecule has 0 spiro atoms. The Bertz CT molecular complexity index is 866. The molecule has 0 amide bonds. The van der Waals surface area contributed by atoms with Gasteiger partial charge in [-0.3, -0.25) is 9.78 Å². The molecule has 2 aromatic rings. The molecule has 0 bridgehead atoms. The van der Waals surface area contributed by atoms with E-state index < -0.39 is 0 Å². The molecule has 1 aromatic heterocycles. The zero-order valence-corrected chi connectivity index (χ0v) is 14.9. The first-order valence-corrected chi connectivity index (χ1v) is 8.55. The standard InChI is InChI=1S/C19H16Cl2N2O2/c1-2-12-10-16(19(25)17-13(12)4-3-6-23-17)22-7-5-11-8-14(20)18(24)15(21)9-11/h3-4,6,8-9,16,22,24H,1,5,7,10H2. The zero-order valence-electron chi connectivity index (χ0n) is 13.4. The monoisotopic (exact) mass is 374 g/mol. The largest absolute Gasteiger partial charge is 0.505 e. The molecule has 1 atom stereocenters. The zero-order chi connectivity index (χ0) is 18.0. The van der Waals surface area contributed by atoms with Crippen LogP contribution in [0.25, 0.3) is 5.57 Å². The second-order valence-electron chi connectivity index (χ2n) is 5.79. The summed E-state index contributed by atoms with van der Waals surface area (Å²) in [6, 6.07) is 6.63. The molecule has 25 heavy (non-hydrogen) atoms. The molecule has 1 unspecified atom stereocenters. The molecule has 0 aliphatic heterocycles. The van der Waals surface area contributed by atoms with Gasteiger partial charge in [0.2, 0.25) is 0 Å². The van der Waals surface area contributed by atoms with Crippen molar-refractivity contribution in [3.63, 3.8) is 0 Å². The van der Waals surface area contributed by atoms with Gasteiger partial charge in [-0.2, -0.15) is 0 Å². The lowest BCUT2D eigenvalue weighted by atomic mass is 9.87. The summed E-state index contributed by atoms with van der Waals surface area (Å²) in [5.41, 5.74) is 5.93. The Morgan fingerprint density at radius 3 is 2.76 bits per heavy atom. The summed E-state index contributed by atoms with van der Waals surface area (Å²) in [6.45, 7) is 4.27. The van der Waals surface area contributed by atoms with Crippen LogP contribution >= 0.6 is 23.2 Å². The summed E-state index contributed by atoms with van der Waals surface area (Å²) in [6.07, 6.45) is 2.75. The number of carbonyl (C=O) groups is 1. The minimum Gasteiger partial charge on any atom is -0.505 e. The third-order valence-corrected chi connectivity index (χ3v) is 4.76. The normalized spacial score (nSPS) is 16.5. The minimum absolute atomic E-state index is 0.0311. The summed E-state index contributed by atoms with van der Waals surface area (Å²) in [5.74, 6) is -0.151. The number of Topliss-reactive ketones (excluding diaryl/α,β-unsaturated/α-hetero) is 1. The van der Waals surface area contributed by atoms with E-state index in [9.17, 15) is 9.90 Å². The smallest absolute Gasteiger partial charge is 0.199 e. The Morgan fingerprint density at radius 1 is 1.36 bits per heavy atom. The van der Waals surface area contributed by atoms with Gasteiger partial charge >= 0.3 is 0 Å². The maximum Gasteiger partial charge on any atom is 0.199 e. The number of phenolic OH excluding ortho intramolecular Hbond substituents is 1. The molecule has 1 aromatic carbocycles. The molecular formula is C19H16Cl2N2O2. The number of benzene rings is 1. The third kappa shape index (κ3) is 3.63. The number of carbonyl (C=O) groups excluding carboxylic acids is 1. The van der Waals surface area contributed by atoms with E-state index in [1.807, 2.05) is 6.07 Å². The number of fused-ring (bicyclic) bond motifs is 1. The molecule has 0 saturated heterocycles. The molecule has 0 saturated carbocycles. The Balaban J connectivity index is 1.70. The lowest BCUT2D eigenvalue weighted by molar-refractivity contribution is 0.0935. The number of ketones is 1. The second-order valence-corrected chi connectivity index (χ2v) is 6.60. The highest BCUT2D eigenvalue weighted by atomic mass is 35.5. The molecule has 1 aliphatic rings. The Morgan fingerprint density at radius 2 is 2.08 bits per heavy atom. The minimum atomic E-state index is -0.366. The van der Waals surface area contributed by atoms with E-state index in [1.165, 1.54) is 0 Å². The maximum absolute atomic E-state index is 12.6. The Hall–Kier alpha value is -2.10. The average Bonchev–Trinajstić information content (AvgIpc) is 2.61. The summed E-state index contributed by atoms with van der Waals surface area (Å²) in [7, 11) is 0. The van der Waals surface area contributed by atoms with Gasteiger partial charge in [-0.05, 0) is 36.7 Å². The van der Waals surface area contributed by atoms with Crippen LogP contribution in [-0.2, 0) is 6.42 Å². The van der Waals surface area contributed by atoms with E-state index in [4.69, 9.17) is 23.2 Å². The van der Waals surface area contributed by atoms with Crippen molar-refractivity contribution < 1.29 is 9.90 Å². The van der Waals surface area contributed by atoms with Gasteiger partial charge in [0.15, 0.2) is 11.5 Å². The van der Waals surface area contributed by atoms with Gasteiger partial charge in [0.1, 0.15) is 5.69 Å². The molecular weight excluding hydrogens is 359 g/mol. The van der Waals surface area contributed by atoms with Crippen molar-refractivity contribution in [3.8, 4) is 5.75 Å². The predicted molar refractivity (Wildman–Crippen MR) is 99.4 cm³/mol. The number of aromatic nitrogens is 1. The molecule has 2 N–H and O–H groups in total. The molecule has 128 valence electrons. The molecule has 0 radical (unpaired) electrons. The lowest BCUT2D eigenvalue weighted by Gasteiger charge is -2.24. The topological polar surface area (TPSA) is 62.2 Å². The van der Waals surface area contributed by atoms with E-state index in [-0.39, 0.29) is 27.6 Å². The van der Waals surface area contributed by atoms with Crippen molar-refractivity contribution in [3.05, 3.63) is 69.6 Å². The van der Waals surface area contributed by atoms with Crippen LogP contribution in [-0.4, -0.2) is 28.5 Å². The van der Waals surface area contributed by atoms with Crippen molar-refractivity contribution in [2.75, 3.05) is 6.54 Å². The van der Waals surface area contributed by atoms with Gasteiger partial charge in [-0.15, -0.1) is 5.73 Å². The van der Waals surface area contributed by atoms with Crippen molar-refractivity contribution in [2.45, 2.75) is 18.9 Å². The van der Waals surface area contributed by atoms with E-state index >= 15 is 0 Å². The first-order chi connectivity index (χ1) is 12.0. The number of pyridine rings is 1. The molecule has 1 heterocycles. The fraction of sp³-hybridized carbons (Fsp3) is 0.211. The van der Waals surface area contributed by atoms with Gasteiger partial charge in [0.05, 0.1) is 16.1 Å². The van der Waals surface area contributed by atoms with E-state index in [0.717, 1.165) is 16.7 Å². The molecule has 1 aliphatic carbocycles. The van der Waals surface area contributed by atoms with Crippen molar-refractivity contribution in [1.82, 2.24) is 10.3 Å². The number of halogens is 2. The highest BCUT2D eigenvalue weighted by Crippen LogP contribution is 2.33. The van der Waals surface area contributed by atoms with Crippen LogP contribution in [0.5, 0.6) is 5.75 Å². The first-order valence-electron chi connectivity index (χ1n) is 7.80. The number of aromatic hydroxyl groups is 1. The average molecular weight is 375 g/mol. The Labute approximate surface area is 155 Å². The van der Waals surface area contributed by atoms with Gasteiger partial charge in [0.25, 0.3) is 0 Å². The van der Waals surface area contributed by atoms with Crippen LogP contribution in [0, 0.1) is 0 Å². The van der Waals surface area contributed by atoms with Crippen molar-refractivity contribution in [1.29, 1.82) is 0 Å². The van der Waals surface area contributed by atoms with Gasteiger partial charge < -0.3 is 10.4 Å². The van der Waals surface area contributed by atoms with Gasteiger partial charge in [-0.1, -0.05) is 35.8 Å². The van der Waals surface area contributed by atoms with Crippen molar-refractivity contribution in [2.24, 2.45) is 0 Å². The summed E-state index contributed by atoms with van der Waals surface area (Å²) in [4.78, 5) is 16.8. The third-order valence-electron chi connectivity index (χ3n) is 4.19. The summed E-state index contributed by atoms with van der Waals surface area (Å²) in [5, 5.41) is 13.3. The van der Waals surface area contributed by atoms with Gasteiger partial charge in [0, 0.05) is 23.8 Å². The SMILES string of the molecule is C=C=C1CC(NCCc2cc(Cl)c(O)c(Cl)c2)C(=O)c2ncccc21. The predicted octanol–water partition coefficient (Wildman–Crippen LogP) is 4.05. The highest BCUT2D eigenvalue weighted by molar-refractivity contribution is 6.37. The van der Waals surface area contributed by atoms with Crippen LogP contribution in [0.4, 0.5) is 0 Å². The molecule has 4 nitrogen and oxygen atoms in total. The quantitative estimate of drug-likeness (QED) is 0.792. The number of rotatable bonds is 4. The molecule has 0 fully saturated rings. The number of phenols is 1. The Kier molecular flexibility index (Phi) is 5.26. The number of hydrogen-bond acceptors (Lipinski definition) is 4. The maximum atomic E-state index is 12.6. The summed E-state index contributed by atoms with van der Waals surface area (Å²) < 4.78 is 0. The van der Waals surface area contributed by atoms with E-state index in [2.05, 4.69) is 22.6 Å². The van der Waals surface area contributed by atoms with Crippen LogP contribution in [0.2, 0.25) is 10.0 Å². The second kappa shape index (κ2) is 7.42. The first kappa shape index (κ1) is 17.7. The number of nitrogens with zero attached hydrogens (tertiary/aromatic N) is 1. The highest BCUT2D eigenvalue weighted by Gasteiger charge is 2.30. The van der Waals surface area contributed by atoms with Crippen LogP contribution in [0.15, 0.2) is 42.8 Å². The van der Waals surface area contributed by atoms with E-state index in [0.29, 0.717) is 25.1 Å². The number of hydrogen-bond donors (Lipinski definition) is 2. The molecule has 3 rings (SSSR count). The van der Waals surface area contributed by atoms with Crippen LogP contribution < -0.4 is 5.32 Å². The van der Waals surface area contributed by atoms with E-state index in [1.54, 1.807) is 24.4 Å². The summed E-state index contributed by atoms with van der Waals surface area (Å²) >= 11 is 11.9. The fourth-order valence-electron chi connectivity index (χ4n) is 2.90. The van der Waals surface area contributed by atoms with Crippen LogP contribution in [0.3, 0.4) is 0 Å². The lowest BCUT2D eigenvalue weighted by Crippen LogP contribution is -2.41. The van der Waals surface area contributed by atoms with Crippen LogP contribution in [0.1, 0.15) is 28.0 Å². The fourth-order valence-corrected chi connectivity index (χ4v) is 3.43. The van der Waals surface area contributed by atoms with Gasteiger partial charge in [-0.25, -0.2) is 0 Å². The molecule has 6 heteroatoms. The van der Waals surface area contributed by atoms with Crippen molar-refractivity contribution >= 4 is 34.6 Å².